The Bertz CT molecular complexity index is 720. The molecule has 0 saturated carbocycles. The number of carbonyl (C=O) groups is 1. The molecule has 1 N–H and O–H groups in total. The highest BCUT2D eigenvalue weighted by molar-refractivity contribution is 7.10. The van der Waals surface area contributed by atoms with Crippen molar-refractivity contribution in [1.82, 2.24) is 15.4 Å². The molecule has 0 spiro atoms. The fourth-order valence-corrected chi connectivity index (χ4v) is 4.05. The molecule has 0 aromatic carbocycles. The van der Waals surface area contributed by atoms with E-state index in [0.29, 0.717) is 29.6 Å². The highest BCUT2D eigenvalue weighted by Crippen LogP contribution is 2.25. The van der Waals surface area contributed by atoms with E-state index in [4.69, 9.17) is 4.52 Å². The van der Waals surface area contributed by atoms with Crippen LogP contribution >= 0.6 is 11.3 Å². The van der Waals surface area contributed by atoms with Gasteiger partial charge in [0.25, 0.3) is 5.91 Å². The lowest BCUT2D eigenvalue weighted by Crippen LogP contribution is -2.44. The summed E-state index contributed by atoms with van der Waals surface area (Å²) in [5.74, 6) is 0.722. The van der Waals surface area contributed by atoms with Gasteiger partial charge in [0.2, 0.25) is 0 Å². The van der Waals surface area contributed by atoms with Gasteiger partial charge in [0.15, 0.2) is 5.76 Å². The number of amides is 1. The van der Waals surface area contributed by atoms with Gasteiger partial charge in [-0.25, -0.2) is 0 Å². The van der Waals surface area contributed by atoms with Gasteiger partial charge in [0, 0.05) is 36.5 Å². The number of nitrogens with one attached hydrogen (secondary N) is 1. The maximum atomic E-state index is 12.6. The van der Waals surface area contributed by atoms with Gasteiger partial charge in [0.05, 0.1) is 5.69 Å². The molecule has 0 aliphatic carbocycles. The number of nitrogens with zero attached hydrogens (tertiary/aromatic N) is 2. The van der Waals surface area contributed by atoms with Crippen molar-refractivity contribution in [2.24, 2.45) is 0 Å². The van der Waals surface area contributed by atoms with Gasteiger partial charge >= 0.3 is 0 Å². The molecule has 2 aromatic heterocycles. The zero-order chi connectivity index (χ0) is 17.3. The van der Waals surface area contributed by atoms with Gasteiger partial charge in [-0.05, 0) is 37.3 Å². The summed E-state index contributed by atoms with van der Waals surface area (Å²) in [7, 11) is 0. The molecule has 1 amide bonds. The number of hydrogen-bond donors (Lipinski definition) is 1. The van der Waals surface area contributed by atoms with Crippen LogP contribution in [0.25, 0.3) is 0 Å². The van der Waals surface area contributed by atoms with Crippen molar-refractivity contribution >= 4 is 17.2 Å². The van der Waals surface area contributed by atoms with E-state index in [1.54, 1.807) is 0 Å². The van der Waals surface area contributed by atoms with Crippen molar-refractivity contribution < 1.29 is 9.32 Å². The molecule has 1 aliphatic heterocycles. The van der Waals surface area contributed by atoms with Crippen LogP contribution in [0.1, 0.15) is 58.9 Å². The molecule has 5 nitrogen and oxygen atoms in total. The quantitative estimate of drug-likeness (QED) is 0.901. The summed E-state index contributed by atoms with van der Waals surface area (Å²) >= 11 is 1.85. The highest BCUT2D eigenvalue weighted by atomic mass is 32.1. The Morgan fingerprint density at radius 3 is 3.00 bits per heavy atom. The Kier molecular flexibility index (Phi) is 5.06. The van der Waals surface area contributed by atoms with Gasteiger partial charge in [-0.2, -0.15) is 0 Å². The lowest BCUT2D eigenvalue weighted by Gasteiger charge is -2.32. The van der Waals surface area contributed by atoms with Crippen LogP contribution in [-0.2, 0) is 13.0 Å². The first-order valence-corrected chi connectivity index (χ1v) is 9.39. The molecule has 130 valence electrons. The number of aryl methyl sites for hydroxylation is 1. The van der Waals surface area contributed by atoms with Gasteiger partial charge < -0.3 is 9.84 Å². The highest BCUT2D eigenvalue weighted by Gasteiger charge is 2.25. The van der Waals surface area contributed by atoms with Gasteiger partial charge in [-0.3, -0.25) is 9.69 Å². The number of fused-ring (bicyclic) bond motifs is 1. The summed E-state index contributed by atoms with van der Waals surface area (Å²) in [4.78, 5) is 16.5. The smallest absolute Gasteiger partial charge is 0.256 e. The molecule has 3 rings (SSSR count). The predicted octanol–water partition coefficient (Wildman–Crippen LogP) is 3.34. The third-order valence-electron chi connectivity index (χ3n) is 4.66. The van der Waals surface area contributed by atoms with Crippen molar-refractivity contribution in [3.8, 4) is 0 Å². The van der Waals surface area contributed by atoms with Crippen LogP contribution in [0.5, 0.6) is 0 Å². The van der Waals surface area contributed by atoms with Crippen LogP contribution in [0.2, 0.25) is 0 Å². The van der Waals surface area contributed by atoms with Gasteiger partial charge in [0.1, 0.15) is 5.56 Å². The summed E-state index contributed by atoms with van der Waals surface area (Å²) in [6.45, 7) is 10.6. The molecule has 0 radical (unpaired) electrons. The maximum absolute atomic E-state index is 12.6. The summed E-state index contributed by atoms with van der Waals surface area (Å²) < 4.78 is 5.31. The molecule has 24 heavy (non-hydrogen) atoms. The zero-order valence-electron chi connectivity index (χ0n) is 14.8. The van der Waals surface area contributed by atoms with Gasteiger partial charge in [-0.1, -0.05) is 19.0 Å². The van der Waals surface area contributed by atoms with Crippen LogP contribution in [0.4, 0.5) is 0 Å². The summed E-state index contributed by atoms with van der Waals surface area (Å²) in [6, 6.07) is 2.51. The monoisotopic (exact) mass is 347 g/mol. The second-order valence-electron chi connectivity index (χ2n) is 6.81. The van der Waals surface area contributed by atoms with Crippen molar-refractivity contribution in [2.75, 3.05) is 13.1 Å². The minimum Gasteiger partial charge on any atom is -0.360 e. The largest absolute Gasteiger partial charge is 0.360 e. The van der Waals surface area contributed by atoms with Crippen molar-refractivity contribution in [3.63, 3.8) is 0 Å². The average molecular weight is 347 g/mol. The van der Waals surface area contributed by atoms with E-state index in [0.717, 1.165) is 19.5 Å². The standard InChI is InChI=1S/C18H25N3O2S/c1-11(2)17-16(13(4)20-23-17)18(22)19-9-12(3)21-7-5-15-14(10-21)6-8-24-15/h6,8,11-12H,5,7,9-10H2,1-4H3,(H,19,22)/t12-/m0/s1. The van der Waals surface area contributed by atoms with E-state index in [-0.39, 0.29) is 11.8 Å². The molecule has 2 aromatic rings. The molecule has 1 atom stereocenters. The second-order valence-corrected chi connectivity index (χ2v) is 7.81. The third-order valence-corrected chi connectivity index (χ3v) is 5.68. The number of hydrogen-bond acceptors (Lipinski definition) is 5. The zero-order valence-corrected chi connectivity index (χ0v) is 15.6. The van der Waals surface area contributed by atoms with Crippen LogP contribution in [0.15, 0.2) is 16.0 Å². The van der Waals surface area contributed by atoms with E-state index < -0.39 is 0 Å². The van der Waals surface area contributed by atoms with Crippen molar-refractivity contribution in [3.05, 3.63) is 38.9 Å². The third kappa shape index (κ3) is 3.39. The summed E-state index contributed by atoms with van der Waals surface area (Å²) in [5.41, 5.74) is 2.68. The SMILES string of the molecule is Cc1noc(C(C)C)c1C(=O)NC[C@H](C)N1CCc2sccc2C1. The van der Waals surface area contributed by atoms with E-state index in [2.05, 4.69) is 33.7 Å². The van der Waals surface area contributed by atoms with E-state index in [9.17, 15) is 4.79 Å². The van der Waals surface area contributed by atoms with E-state index in [1.165, 1.54) is 10.4 Å². The van der Waals surface area contributed by atoms with Gasteiger partial charge in [-0.15, -0.1) is 11.3 Å². The Morgan fingerprint density at radius 1 is 1.46 bits per heavy atom. The Morgan fingerprint density at radius 2 is 2.25 bits per heavy atom. The molecule has 0 bridgehead atoms. The Balaban J connectivity index is 1.60. The Hall–Kier alpha value is -1.66. The molecule has 0 fully saturated rings. The molecule has 3 heterocycles. The van der Waals surface area contributed by atoms with Crippen LogP contribution in [0, 0.1) is 6.92 Å². The normalized spacial score (nSPS) is 16.2. The lowest BCUT2D eigenvalue weighted by atomic mass is 10.0. The number of rotatable bonds is 5. The minimum absolute atomic E-state index is 0.0856. The van der Waals surface area contributed by atoms with Crippen LogP contribution in [-0.4, -0.2) is 35.1 Å². The van der Waals surface area contributed by atoms with Crippen molar-refractivity contribution in [2.45, 2.75) is 52.6 Å². The molecule has 1 aliphatic rings. The minimum atomic E-state index is -0.0856. The Labute approximate surface area is 147 Å². The summed E-state index contributed by atoms with van der Waals surface area (Å²) in [5, 5.41) is 9.18. The predicted molar refractivity (Wildman–Crippen MR) is 95.6 cm³/mol. The number of aromatic nitrogens is 1. The van der Waals surface area contributed by atoms with Crippen LogP contribution < -0.4 is 5.32 Å². The maximum Gasteiger partial charge on any atom is 0.256 e. The van der Waals surface area contributed by atoms with Crippen LogP contribution in [0.3, 0.4) is 0 Å². The number of carbonyl (C=O) groups excluding carboxylic acids is 1. The summed E-state index contributed by atoms with van der Waals surface area (Å²) in [6.07, 6.45) is 1.10. The van der Waals surface area contributed by atoms with E-state index >= 15 is 0 Å². The van der Waals surface area contributed by atoms with Crippen molar-refractivity contribution in [1.29, 1.82) is 0 Å². The number of thiophene rings is 1. The second kappa shape index (κ2) is 7.07. The molecule has 0 unspecified atom stereocenters. The molecule has 0 saturated heterocycles. The molecular formula is C18H25N3O2S. The first-order valence-electron chi connectivity index (χ1n) is 8.51. The first-order chi connectivity index (χ1) is 11.5. The topological polar surface area (TPSA) is 58.4 Å². The average Bonchev–Trinajstić information content (AvgIpc) is 3.17. The van der Waals surface area contributed by atoms with E-state index in [1.807, 2.05) is 32.1 Å². The fourth-order valence-electron chi connectivity index (χ4n) is 3.16. The lowest BCUT2D eigenvalue weighted by molar-refractivity contribution is 0.0929. The molecule has 6 heteroatoms. The fraction of sp³-hybridized carbons (Fsp3) is 0.556. The first kappa shape index (κ1) is 17.2. The molecular weight excluding hydrogens is 322 g/mol.